The van der Waals surface area contributed by atoms with Crippen LogP contribution in [0, 0.1) is 17.1 Å². The molecule has 0 saturated carbocycles. The van der Waals surface area contributed by atoms with E-state index in [0.29, 0.717) is 5.56 Å². The van der Waals surface area contributed by atoms with Crippen LogP contribution in [0.4, 0.5) is 9.18 Å². The first-order valence-corrected chi connectivity index (χ1v) is 9.42. The van der Waals surface area contributed by atoms with Crippen molar-refractivity contribution < 1.29 is 19.0 Å². The number of benzene rings is 3. The van der Waals surface area contributed by atoms with Crippen molar-refractivity contribution in [1.82, 2.24) is 5.32 Å². The Morgan fingerprint density at radius 1 is 1.20 bits per heavy atom. The topological polar surface area (TPSA) is 82.3 Å². The Hall–Kier alpha value is -3.56. The van der Waals surface area contributed by atoms with E-state index in [9.17, 15) is 10.1 Å². The molecule has 3 aromatic rings. The Balaban J connectivity index is 2.17. The summed E-state index contributed by atoms with van der Waals surface area (Å²) in [6.07, 6.45) is -1.14. The molecule has 0 aliphatic rings. The molecule has 1 atom stereocenters. The van der Waals surface area contributed by atoms with Crippen LogP contribution in [0.15, 0.2) is 60.7 Å². The molecule has 30 heavy (non-hydrogen) atoms. The van der Waals surface area contributed by atoms with Gasteiger partial charge in [0.15, 0.2) is 11.6 Å². The molecule has 0 fully saturated rings. The van der Waals surface area contributed by atoms with E-state index in [1.54, 1.807) is 18.2 Å². The van der Waals surface area contributed by atoms with Gasteiger partial charge in [0.25, 0.3) is 0 Å². The largest absolute Gasteiger partial charge is 0.494 e. The maximum atomic E-state index is 15.1. The second-order valence-electron chi connectivity index (χ2n) is 6.50. The summed E-state index contributed by atoms with van der Waals surface area (Å²) in [5, 5.41) is 21.2. The second-order valence-corrected chi connectivity index (χ2v) is 6.91. The number of amides is 1. The molecule has 1 unspecified atom stereocenters. The molecule has 0 aliphatic carbocycles. The fourth-order valence-corrected chi connectivity index (χ4v) is 3.54. The van der Waals surface area contributed by atoms with E-state index in [4.69, 9.17) is 21.4 Å². The molecule has 1 amide bonds. The molecule has 3 rings (SSSR count). The lowest BCUT2D eigenvalue weighted by molar-refractivity contribution is 0.194. The van der Waals surface area contributed by atoms with Gasteiger partial charge in [-0.05, 0) is 35.4 Å². The normalized spacial score (nSPS) is 11.4. The van der Waals surface area contributed by atoms with Crippen LogP contribution < -0.4 is 10.1 Å². The Morgan fingerprint density at radius 2 is 1.93 bits per heavy atom. The van der Waals surface area contributed by atoms with Gasteiger partial charge in [-0.2, -0.15) is 5.26 Å². The van der Waals surface area contributed by atoms with Crippen LogP contribution in [-0.4, -0.2) is 24.9 Å². The van der Waals surface area contributed by atoms with Gasteiger partial charge in [0.2, 0.25) is 0 Å². The van der Waals surface area contributed by atoms with Crippen molar-refractivity contribution >= 4 is 17.7 Å². The maximum absolute atomic E-state index is 15.1. The predicted molar refractivity (Wildman–Crippen MR) is 112 cm³/mol. The number of nitrogens with one attached hydrogen (secondary N) is 1. The molecule has 0 spiro atoms. The van der Waals surface area contributed by atoms with E-state index >= 15 is 4.39 Å². The van der Waals surface area contributed by atoms with Crippen molar-refractivity contribution in [2.75, 3.05) is 13.7 Å². The lowest BCUT2D eigenvalue weighted by atomic mass is 9.88. The van der Waals surface area contributed by atoms with Gasteiger partial charge < -0.3 is 15.2 Å². The number of nitriles is 1. The first-order chi connectivity index (χ1) is 14.5. The average molecular weight is 425 g/mol. The van der Waals surface area contributed by atoms with Gasteiger partial charge in [-0.15, -0.1) is 0 Å². The van der Waals surface area contributed by atoms with Gasteiger partial charge in [-0.25, -0.2) is 9.18 Å². The molecule has 2 N–H and O–H groups in total. The number of rotatable bonds is 6. The van der Waals surface area contributed by atoms with Crippen molar-refractivity contribution in [3.8, 4) is 22.9 Å². The number of carboxylic acid groups (broad SMARTS) is 1. The van der Waals surface area contributed by atoms with E-state index in [1.807, 2.05) is 36.4 Å². The van der Waals surface area contributed by atoms with Crippen molar-refractivity contribution in [3.63, 3.8) is 0 Å². The van der Waals surface area contributed by atoms with Gasteiger partial charge in [0.1, 0.15) is 0 Å². The fraction of sp³-hybridized carbons (Fsp3) is 0.130. The molecular weight excluding hydrogens is 407 g/mol. The number of carbonyl (C=O) groups is 1. The minimum atomic E-state index is -1.14. The molecule has 152 valence electrons. The zero-order valence-electron chi connectivity index (χ0n) is 16.0. The van der Waals surface area contributed by atoms with Crippen LogP contribution in [0.25, 0.3) is 11.1 Å². The molecule has 0 aliphatic heterocycles. The monoisotopic (exact) mass is 424 g/mol. The Labute approximate surface area is 178 Å². The summed E-state index contributed by atoms with van der Waals surface area (Å²) in [7, 11) is 1.34. The predicted octanol–water partition coefficient (Wildman–Crippen LogP) is 5.43. The van der Waals surface area contributed by atoms with Gasteiger partial charge >= 0.3 is 6.09 Å². The highest BCUT2D eigenvalue weighted by molar-refractivity contribution is 6.33. The number of halogens is 2. The van der Waals surface area contributed by atoms with Crippen LogP contribution >= 0.6 is 11.6 Å². The Kier molecular flexibility index (Phi) is 6.55. The van der Waals surface area contributed by atoms with Gasteiger partial charge in [-0.1, -0.05) is 48.0 Å². The average Bonchev–Trinajstić information content (AvgIpc) is 2.75. The number of methoxy groups -OCH3 is 1. The molecular formula is C23H18ClFN2O3. The number of nitrogens with zero attached hydrogens (tertiary/aromatic N) is 1. The third-order valence-electron chi connectivity index (χ3n) is 4.77. The summed E-state index contributed by atoms with van der Waals surface area (Å²) in [5.41, 5.74) is 2.10. The van der Waals surface area contributed by atoms with Gasteiger partial charge in [-0.3, -0.25) is 0 Å². The quantitative estimate of drug-likeness (QED) is 0.553. The SMILES string of the molecule is COc1ccc(C#N)c(-c2cc(C(CNC(=O)O)c3ccccc3)ccc2Cl)c1F. The van der Waals surface area contributed by atoms with Crippen LogP contribution in [0.1, 0.15) is 22.6 Å². The van der Waals surface area contributed by atoms with Crippen LogP contribution in [0.3, 0.4) is 0 Å². The summed E-state index contributed by atoms with van der Waals surface area (Å²) >= 11 is 6.38. The molecule has 0 saturated heterocycles. The highest BCUT2D eigenvalue weighted by Crippen LogP contribution is 2.38. The second kappa shape index (κ2) is 9.29. The van der Waals surface area contributed by atoms with Crippen LogP contribution in [-0.2, 0) is 0 Å². The van der Waals surface area contributed by atoms with E-state index in [2.05, 4.69) is 5.32 Å². The zero-order chi connectivity index (χ0) is 21.7. The lowest BCUT2D eigenvalue weighted by Gasteiger charge is -2.20. The zero-order valence-corrected chi connectivity index (χ0v) is 16.8. The van der Waals surface area contributed by atoms with Crippen molar-refractivity contribution in [3.05, 3.63) is 88.2 Å². The third kappa shape index (κ3) is 4.37. The molecule has 5 nitrogen and oxygen atoms in total. The molecule has 3 aromatic carbocycles. The Morgan fingerprint density at radius 3 is 2.57 bits per heavy atom. The summed E-state index contributed by atoms with van der Waals surface area (Å²) < 4.78 is 20.1. The van der Waals surface area contributed by atoms with Crippen molar-refractivity contribution in [2.24, 2.45) is 0 Å². The van der Waals surface area contributed by atoms with Gasteiger partial charge in [0, 0.05) is 28.6 Å². The van der Waals surface area contributed by atoms with E-state index in [1.165, 1.54) is 19.2 Å². The summed E-state index contributed by atoms with van der Waals surface area (Å²) in [6, 6.07) is 19.3. The molecule has 0 aromatic heterocycles. The third-order valence-corrected chi connectivity index (χ3v) is 5.10. The lowest BCUT2D eigenvalue weighted by Crippen LogP contribution is -2.27. The van der Waals surface area contributed by atoms with E-state index < -0.39 is 11.9 Å². The fourth-order valence-electron chi connectivity index (χ4n) is 3.33. The highest BCUT2D eigenvalue weighted by Gasteiger charge is 2.21. The number of hydrogen-bond donors (Lipinski definition) is 2. The summed E-state index contributed by atoms with van der Waals surface area (Å²) in [6.45, 7) is 0.117. The highest BCUT2D eigenvalue weighted by atomic mass is 35.5. The molecule has 0 radical (unpaired) electrons. The number of hydrogen-bond acceptors (Lipinski definition) is 3. The maximum Gasteiger partial charge on any atom is 0.404 e. The van der Waals surface area contributed by atoms with E-state index in [-0.39, 0.29) is 34.4 Å². The van der Waals surface area contributed by atoms with Crippen LogP contribution in [0.5, 0.6) is 5.75 Å². The molecule has 7 heteroatoms. The summed E-state index contributed by atoms with van der Waals surface area (Å²) in [4.78, 5) is 11.1. The van der Waals surface area contributed by atoms with E-state index in [0.717, 1.165) is 11.1 Å². The van der Waals surface area contributed by atoms with Crippen LogP contribution in [0.2, 0.25) is 5.02 Å². The Bertz CT molecular complexity index is 1110. The minimum absolute atomic E-state index is 0.00220. The number of ether oxygens (including phenoxy) is 1. The first kappa shape index (κ1) is 21.2. The smallest absolute Gasteiger partial charge is 0.404 e. The van der Waals surface area contributed by atoms with Crippen molar-refractivity contribution in [2.45, 2.75) is 5.92 Å². The first-order valence-electron chi connectivity index (χ1n) is 9.04. The molecule has 0 heterocycles. The standard InChI is InChI=1S/C23H18ClFN2O3/c1-30-20-10-8-16(12-26)21(22(20)25)17-11-15(7-9-19(17)24)18(13-27-23(28)29)14-5-3-2-4-6-14/h2-11,18,27H,13H2,1H3,(H,28,29). The molecule has 0 bridgehead atoms. The summed E-state index contributed by atoms with van der Waals surface area (Å²) in [5.74, 6) is -1.02. The van der Waals surface area contributed by atoms with Crippen molar-refractivity contribution in [1.29, 1.82) is 5.26 Å². The van der Waals surface area contributed by atoms with Gasteiger partial charge in [0.05, 0.1) is 18.7 Å². The minimum Gasteiger partial charge on any atom is -0.494 e.